The molecule has 0 amide bonds. The first-order valence-corrected chi connectivity index (χ1v) is 9.44. The summed E-state index contributed by atoms with van der Waals surface area (Å²) in [5.41, 5.74) is 4.82. The van der Waals surface area contributed by atoms with Crippen molar-refractivity contribution in [2.45, 2.75) is 32.9 Å². The zero-order chi connectivity index (χ0) is 18.1. The van der Waals surface area contributed by atoms with E-state index in [0.717, 1.165) is 36.1 Å². The minimum atomic E-state index is -0.0113. The summed E-state index contributed by atoms with van der Waals surface area (Å²) in [6.07, 6.45) is 4.81. The molecule has 0 aliphatic carbocycles. The van der Waals surface area contributed by atoms with Gasteiger partial charge in [0.1, 0.15) is 11.8 Å². The lowest BCUT2D eigenvalue weighted by Crippen LogP contribution is -2.44. The molecule has 4 rings (SSSR count). The van der Waals surface area contributed by atoms with Crippen molar-refractivity contribution >= 4 is 23.0 Å². The average molecular weight is 366 g/mol. The van der Waals surface area contributed by atoms with Gasteiger partial charge in [0.05, 0.1) is 6.26 Å². The van der Waals surface area contributed by atoms with E-state index in [9.17, 15) is 0 Å². The molecular formula is C21H23N3OS. The van der Waals surface area contributed by atoms with E-state index in [1.807, 2.05) is 12.1 Å². The van der Waals surface area contributed by atoms with Gasteiger partial charge in [0.2, 0.25) is 0 Å². The molecule has 0 bridgehead atoms. The van der Waals surface area contributed by atoms with E-state index in [1.54, 1.807) is 6.26 Å². The SMILES string of the molecule is CCc1cccc(C)c1NC(=S)N1CCn2cccc2C1c1ccco1. The molecule has 0 radical (unpaired) electrons. The number of para-hydroxylation sites is 1. The lowest BCUT2D eigenvalue weighted by Gasteiger charge is -2.38. The lowest BCUT2D eigenvalue weighted by atomic mass is 10.1. The van der Waals surface area contributed by atoms with Crippen molar-refractivity contribution in [1.29, 1.82) is 0 Å². The molecule has 0 fully saturated rings. The third-order valence-corrected chi connectivity index (χ3v) is 5.42. The molecule has 26 heavy (non-hydrogen) atoms. The van der Waals surface area contributed by atoms with Crippen LogP contribution in [0.2, 0.25) is 0 Å². The fourth-order valence-electron chi connectivity index (χ4n) is 3.73. The summed E-state index contributed by atoms with van der Waals surface area (Å²) >= 11 is 5.84. The zero-order valence-corrected chi connectivity index (χ0v) is 15.9. The van der Waals surface area contributed by atoms with Crippen LogP contribution in [0.3, 0.4) is 0 Å². The molecule has 0 spiro atoms. The summed E-state index contributed by atoms with van der Waals surface area (Å²) < 4.78 is 8.03. The van der Waals surface area contributed by atoms with Crippen LogP contribution in [0.4, 0.5) is 5.69 Å². The van der Waals surface area contributed by atoms with Gasteiger partial charge in [0.15, 0.2) is 5.11 Å². The highest BCUT2D eigenvalue weighted by Crippen LogP contribution is 2.33. The van der Waals surface area contributed by atoms with Gasteiger partial charge in [-0.25, -0.2) is 0 Å². The molecule has 5 heteroatoms. The Morgan fingerprint density at radius 2 is 2.08 bits per heavy atom. The molecule has 1 atom stereocenters. The van der Waals surface area contributed by atoms with Crippen molar-refractivity contribution in [3.05, 3.63) is 77.5 Å². The number of anilines is 1. The highest BCUT2D eigenvalue weighted by Gasteiger charge is 2.32. The molecule has 3 heterocycles. The first kappa shape index (κ1) is 16.9. The summed E-state index contributed by atoms with van der Waals surface area (Å²) in [5.74, 6) is 0.911. The molecular weight excluding hydrogens is 342 g/mol. The Hall–Kier alpha value is -2.53. The number of aryl methyl sites for hydroxylation is 2. The van der Waals surface area contributed by atoms with Crippen LogP contribution in [0.5, 0.6) is 0 Å². The summed E-state index contributed by atoms with van der Waals surface area (Å²) in [6, 6.07) is 14.6. The maximum atomic E-state index is 5.84. The van der Waals surface area contributed by atoms with Crippen LogP contribution in [0.15, 0.2) is 59.3 Å². The number of rotatable bonds is 3. The maximum absolute atomic E-state index is 5.84. The van der Waals surface area contributed by atoms with Crippen LogP contribution in [0.25, 0.3) is 0 Å². The molecule has 4 nitrogen and oxygen atoms in total. The number of nitrogens with one attached hydrogen (secondary N) is 1. The molecule has 1 aliphatic heterocycles. The molecule has 134 valence electrons. The van der Waals surface area contributed by atoms with Crippen LogP contribution in [0, 0.1) is 6.92 Å². The fraction of sp³-hybridized carbons (Fsp3) is 0.286. The van der Waals surface area contributed by atoms with Gasteiger partial charge in [-0.2, -0.15) is 0 Å². The second-order valence-corrected chi connectivity index (χ2v) is 7.02. The van der Waals surface area contributed by atoms with E-state index < -0.39 is 0 Å². The van der Waals surface area contributed by atoms with Gasteiger partial charge in [-0.1, -0.05) is 25.1 Å². The third-order valence-electron chi connectivity index (χ3n) is 5.08. The maximum Gasteiger partial charge on any atom is 0.174 e. The van der Waals surface area contributed by atoms with E-state index in [4.69, 9.17) is 16.6 Å². The van der Waals surface area contributed by atoms with Gasteiger partial charge in [0, 0.05) is 30.7 Å². The average Bonchev–Trinajstić information content (AvgIpc) is 3.33. The fourth-order valence-corrected chi connectivity index (χ4v) is 4.03. The molecule has 0 saturated heterocycles. The van der Waals surface area contributed by atoms with Gasteiger partial charge in [-0.3, -0.25) is 0 Å². The lowest BCUT2D eigenvalue weighted by molar-refractivity contribution is 0.261. The van der Waals surface area contributed by atoms with Crippen LogP contribution >= 0.6 is 12.2 Å². The minimum Gasteiger partial charge on any atom is -0.467 e. The number of hydrogen-bond donors (Lipinski definition) is 1. The summed E-state index contributed by atoms with van der Waals surface area (Å²) in [5, 5.41) is 4.26. The number of thiocarbonyl (C=S) groups is 1. The van der Waals surface area contributed by atoms with Gasteiger partial charge >= 0.3 is 0 Å². The number of furan rings is 1. The smallest absolute Gasteiger partial charge is 0.174 e. The first-order valence-electron chi connectivity index (χ1n) is 9.03. The van der Waals surface area contributed by atoms with Crippen molar-refractivity contribution in [1.82, 2.24) is 9.47 Å². The van der Waals surface area contributed by atoms with Crippen molar-refractivity contribution in [3.8, 4) is 0 Å². The van der Waals surface area contributed by atoms with E-state index >= 15 is 0 Å². The first-order chi connectivity index (χ1) is 12.7. The standard InChI is InChI=1S/C21H23N3OS/c1-3-16-8-4-7-15(2)19(16)22-21(26)24-13-12-23-11-5-9-17(23)20(24)18-10-6-14-25-18/h4-11,14,20H,3,12-13H2,1-2H3,(H,22,26). The number of benzene rings is 1. The van der Waals surface area contributed by atoms with Crippen LogP contribution in [-0.2, 0) is 13.0 Å². The Kier molecular flexibility index (Phi) is 4.55. The van der Waals surface area contributed by atoms with Gasteiger partial charge in [-0.05, 0) is 61.0 Å². The van der Waals surface area contributed by atoms with E-state index in [0.29, 0.717) is 0 Å². The van der Waals surface area contributed by atoms with Crippen LogP contribution in [-0.4, -0.2) is 21.1 Å². The third kappa shape index (κ3) is 2.92. The predicted octanol–water partition coefficient (Wildman–Crippen LogP) is 4.75. The minimum absolute atomic E-state index is 0.0113. The molecule has 3 aromatic rings. The predicted molar refractivity (Wildman–Crippen MR) is 108 cm³/mol. The van der Waals surface area contributed by atoms with Crippen molar-refractivity contribution in [2.24, 2.45) is 0 Å². The molecule has 2 aromatic heterocycles. The number of aromatic nitrogens is 1. The summed E-state index contributed by atoms with van der Waals surface area (Å²) in [7, 11) is 0. The highest BCUT2D eigenvalue weighted by molar-refractivity contribution is 7.80. The van der Waals surface area contributed by atoms with Crippen molar-refractivity contribution in [3.63, 3.8) is 0 Å². The van der Waals surface area contributed by atoms with Crippen molar-refractivity contribution < 1.29 is 4.42 Å². The highest BCUT2D eigenvalue weighted by atomic mass is 32.1. The quantitative estimate of drug-likeness (QED) is 0.679. The zero-order valence-electron chi connectivity index (χ0n) is 15.1. The van der Waals surface area contributed by atoms with Crippen LogP contribution < -0.4 is 5.32 Å². The topological polar surface area (TPSA) is 33.3 Å². The normalized spacial score (nSPS) is 16.4. The largest absolute Gasteiger partial charge is 0.467 e. The summed E-state index contributed by atoms with van der Waals surface area (Å²) in [6.45, 7) is 6.04. The molecule has 1 aliphatic rings. The second-order valence-electron chi connectivity index (χ2n) is 6.63. The second kappa shape index (κ2) is 7.00. The Bertz CT molecular complexity index is 913. The van der Waals surface area contributed by atoms with E-state index in [2.05, 4.69) is 65.2 Å². The van der Waals surface area contributed by atoms with Gasteiger partial charge in [-0.15, -0.1) is 0 Å². The Labute approximate surface area is 159 Å². The van der Waals surface area contributed by atoms with E-state index in [-0.39, 0.29) is 6.04 Å². The molecule has 0 saturated carbocycles. The Balaban J connectivity index is 1.67. The number of hydrogen-bond acceptors (Lipinski definition) is 2. The Morgan fingerprint density at radius 1 is 1.19 bits per heavy atom. The molecule has 1 unspecified atom stereocenters. The number of fused-ring (bicyclic) bond motifs is 1. The van der Waals surface area contributed by atoms with Crippen molar-refractivity contribution in [2.75, 3.05) is 11.9 Å². The monoisotopic (exact) mass is 365 g/mol. The Morgan fingerprint density at radius 3 is 2.85 bits per heavy atom. The van der Waals surface area contributed by atoms with Gasteiger partial charge < -0.3 is 19.2 Å². The summed E-state index contributed by atoms with van der Waals surface area (Å²) in [4.78, 5) is 2.23. The number of nitrogens with zero attached hydrogens (tertiary/aromatic N) is 2. The molecule has 1 aromatic carbocycles. The molecule has 1 N–H and O–H groups in total. The van der Waals surface area contributed by atoms with Crippen LogP contribution in [0.1, 0.15) is 35.5 Å². The van der Waals surface area contributed by atoms with Gasteiger partial charge in [0.25, 0.3) is 0 Å². The van der Waals surface area contributed by atoms with E-state index in [1.165, 1.54) is 16.8 Å².